The summed E-state index contributed by atoms with van der Waals surface area (Å²) in [5, 5.41) is 0. The molecule has 0 saturated carbocycles. The van der Waals surface area contributed by atoms with E-state index in [2.05, 4.69) is 6.58 Å². The van der Waals surface area contributed by atoms with Crippen molar-refractivity contribution in [2.24, 2.45) is 0 Å². The molecule has 0 unspecified atom stereocenters. The first-order valence-electron chi connectivity index (χ1n) is 4.33. The van der Waals surface area contributed by atoms with E-state index in [0.717, 1.165) is 0 Å². The second-order valence-corrected chi connectivity index (χ2v) is 3.15. The molecule has 1 aliphatic rings. The Bertz CT molecular complexity index is 398. The van der Waals surface area contributed by atoms with Gasteiger partial charge in [0.25, 0.3) is 0 Å². The standard InChI is InChI=1S/C11H9FO2/c1-2-3-10-9-6-7(12)4-5-8(9)11(13)14-10/h2,4-6,10H,1,3H2/t10-/m0/s1. The molecule has 0 radical (unpaired) electrons. The van der Waals surface area contributed by atoms with Gasteiger partial charge in [0, 0.05) is 12.0 Å². The van der Waals surface area contributed by atoms with Crippen molar-refractivity contribution in [3.8, 4) is 0 Å². The van der Waals surface area contributed by atoms with Crippen LogP contribution in [0, 0.1) is 5.82 Å². The zero-order valence-corrected chi connectivity index (χ0v) is 7.50. The average molecular weight is 192 g/mol. The van der Waals surface area contributed by atoms with Crippen LogP contribution in [0.25, 0.3) is 0 Å². The highest BCUT2D eigenvalue weighted by atomic mass is 19.1. The lowest BCUT2D eigenvalue weighted by Gasteiger charge is -2.06. The predicted octanol–water partition coefficient (Wildman–Crippen LogP) is 2.61. The van der Waals surface area contributed by atoms with Gasteiger partial charge in [0.15, 0.2) is 0 Å². The van der Waals surface area contributed by atoms with Crippen molar-refractivity contribution in [2.45, 2.75) is 12.5 Å². The number of cyclic esters (lactones) is 1. The fourth-order valence-electron chi connectivity index (χ4n) is 1.57. The maximum Gasteiger partial charge on any atom is 0.339 e. The SMILES string of the molecule is C=CC[C@@H]1OC(=O)c2ccc(F)cc21. The van der Waals surface area contributed by atoms with Crippen molar-refractivity contribution in [1.29, 1.82) is 0 Å². The number of carbonyl (C=O) groups is 1. The van der Waals surface area contributed by atoms with Gasteiger partial charge in [0.2, 0.25) is 0 Å². The van der Waals surface area contributed by atoms with E-state index in [1.165, 1.54) is 18.2 Å². The number of carbonyl (C=O) groups excluding carboxylic acids is 1. The number of fused-ring (bicyclic) bond motifs is 1. The highest BCUT2D eigenvalue weighted by molar-refractivity contribution is 5.94. The van der Waals surface area contributed by atoms with E-state index in [4.69, 9.17) is 4.74 Å². The van der Waals surface area contributed by atoms with Crippen molar-refractivity contribution >= 4 is 5.97 Å². The molecule has 1 aromatic rings. The summed E-state index contributed by atoms with van der Waals surface area (Å²) in [6.07, 6.45) is 1.80. The van der Waals surface area contributed by atoms with E-state index >= 15 is 0 Å². The summed E-state index contributed by atoms with van der Waals surface area (Å²) in [5.74, 6) is -0.733. The third-order valence-corrected chi connectivity index (χ3v) is 2.21. The number of benzene rings is 1. The average Bonchev–Trinajstić information content (AvgIpc) is 2.44. The highest BCUT2D eigenvalue weighted by Gasteiger charge is 2.30. The van der Waals surface area contributed by atoms with E-state index in [-0.39, 0.29) is 17.9 Å². The second-order valence-electron chi connectivity index (χ2n) is 3.15. The molecule has 0 N–H and O–H groups in total. The van der Waals surface area contributed by atoms with Crippen molar-refractivity contribution in [3.63, 3.8) is 0 Å². The van der Waals surface area contributed by atoms with Gasteiger partial charge in [-0.25, -0.2) is 9.18 Å². The minimum absolute atomic E-state index is 0.351. The molecule has 2 nitrogen and oxygen atoms in total. The smallest absolute Gasteiger partial charge is 0.339 e. The molecular weight excluding hydrogens is 183 g/mol. The molecule has 0 aromatic heterocycles. The minimum Gasteiger partial charge on any atom is -0.454 e. The van der Waals surface area contributed by atoms with Gasteiger partial charge < -0.3 is 4.74 Å². The Balaban J connectivity index is 2.45. The van der Waals surface area contributed by atoms with E-state index in [1.807, 2.05) is 0 Å². The minimum atomic E-state index is -0.383. The van der Waals surface area contributed by atoms with Crippen LogP contribution in [-0.2, 0) is 4.74 Å². The quantitative estimate of drug-likeness (QED) is 0.531. The van der Waals surface area contributed by atoms with E-state index in [9.17, 15) is 9.18 Å². The van der Waals surface area contributed by atoms with Crippen molar-refractivity contribution in [1.82, 2.24) is 0 Å². The normalized spacial score (nSPS) is 18.9. The van der Waals surface area contributed by atoms with Gasteiger partial charge in [-0.3, -0.25) is 0 Å². The molecule has 3 heteroatoms. The van der Waals surface area contributed by atoms with Gasteiger partial charge in [-0.2, -0.15) is 0 Å². The largest absolute Gasteiger partial charge is 0.454 e. The van der Waals surface area contributed by atoms with Crippen LogP contribution in [0.3, 0.4) is 0 Å². The molecule has 2 rings (SSSR count). The molecule has 1 aliphatic heterocycles. The molecule has 0 saturated heterocycles. The maximum absolute atomic E-state index is 12.9. The molecule has 14 heavy (non-hydrogen) atoms. The van der Waals surface area contributed by atoms with Crippen LogP contribution in [0.5, 0.6) is 0 Å². The van der Waals surface area contributed by atoms with Crippen molar-refractivity contribution in [3.05, 3.63) is 47.8 Å². The lowest BCUT2D eigenvalue weighted by atomic mass is 10.0. The molecular formula is C11H9FO2. The van der Waals surface area contributed by atoms with Crippen LogP contribution < -0.4 is 0 Å². The van der Waals surface area contributed by atoms with Gasteiger partial charge >= 0.3 is 5.97 Å². The van der Waals surface area contributed by atoms with Gasteiger partial charge in [-0.05, 0) is 18.2 Å². The van der Waals surface area contributed by atoms with E-state index < -0.39 is 0 Å². The van der Waals surface area contributed by atoms with Crippen molar-refractivity contribution < 1.29 is 13.9 Å². The fraction of sp³-hybridized carbons (Fsp3) is 0.182. The molecule has 0 amide bonds. The molecule has 72 valence electrons. The molecule has 1 atom stereocenters. The zero-order chi connectivity index (χ0) is 10.1. The number of halogens is 1. The van der Waals surface area contributed by atoms with Crippen LogP contribution in [0.2, 0.25) is 0 Å². The summed E-state index contributed by atoms with van der Waals surface area (Å²) in [7, 11) is 0. The summed E-state index contributed by atoms with van der Waals surface area (Å²) in [6, 6.07) is 4.06. The first kappa shape index (κ1) is 8.94. The number of esters is 1. The Morgan fingerprint density at radius 3 is 3.07 bits per heavy atom. The summed E-state index contributed by atoms with van der Waals surface area (Å²) in [6.45, 7) is 3.56. The Labute approximate surface area is 81.0 Å². The van der Waals surface area contributed by atoms with Gasteiger partial charge in [0.1, 0.15) is 11.9 Å². The fourth-order valence-corrected chi connectivity index (χ4v) is 1.57. The molecule has 1 aromatic carbocycles. The number of rotatable bonds is 2. The summed E-state index contributed by atoms with van der Waals surface area (Å²) in [5.41, 5.74) is 1.08. The van der Waals surface area contributed by atoms with Gasteiger partial charge in [0.05, 0.1) is 5.56 Å². The van der Waals surface area contributed by atoms with Crippen LogP contribution in [0.1, 0.15) is 28.4 Å². The monoisotopic (exact) mass is 192 g/mol. The number of hydrogen-bond acceptors (Lipinski definition) is 2. The summed E-state index contributed by atoms with van der Waals surface area (Å²) < 4.78 is 18.0. The summed E-state index contributed by atoms with van der Waals surface area (Å²) in [4.78, 5) is 11.3. The number of hydrogen-bond donors (Lipinski definition) is 0. The van der Waals surface area contributed by atoms with Crippen LogP contribution in [0.15, 0.2) is 30.9 Å². The molecule has 0 bridgehead atoms. The van der Waals surface area contributed by atoms with Crippen LogP contribution in [0.4, 0.5) is 4.39 Å². The van der Waals surface area contributed by atoms with E-state index in [0.29, 0.717) is 17.5 Å². The van der Waals surface area contributed by atoms with E-state index in [1.54, 1.807) is 6.08 Å². The van der Waals surface area contributed by atoms with Crippen molar-refractivity contribution in [2.75, 3.05) is 0 Å². The van der Waals surface area contributed by atoms with Crippen LogP contribution >= 0.6 is 0 Å². The summed E-state index contributed by atoms with van der Waals surface area (Å²) >= 11 is 0. The van der Waals surface area contributed by atoms with Crippen LogP contribution in [-0.4, -0.2) is 5.97 Å². The Morgan fingerprint density at radius 2 is 2.36 bits per heavy atom. The molecule has 0 fully saturated rings. The molecule has 0 aliphatic carbocycles. The third kappa shape index (κ3) is 1.31. The van der Waals surface area contributed by atoms with Gasteiger partial charge in [-0.1, -0.05) is 6.08 Å². The predicted molar refractivity (Wildman–Crippen MR) is 49.4 cm³/mol. The third-order valence-electron chi connectivity index (χ3n) is 2.21. The molecule has 0 spiro atoms. The first-order chi connectivity index (χ1) is 6.72. The lowest BCUT2D eigenvalue weighted by molar-refractivity contribution is 0.0392. The highest BCUT2D eigenvalue weighted by Crippen LogP contribution is 2.33. The Hall–Kier alpha value is -1.64. The Morgan fingerprint density at radius 1 is 1.57 bits per heavy atom. The first-order valence-corrected chi connectivity index (χ1v) is 4.33. The van der Waals surface area contributed by atoms with Gasteiger partial charge in [-0.15, -0.1) is 6.58 Å². The maximum atomic E-state index is 12.9. The zero-order valence-electron chi connectivity index (χ0n) is 7.50. The second kappa shape index (κ2) is 3.25. The number of ether oxygens (including phenoxy) is 1. The topological polar surface area (TPSA) is 26.3 Å². The molecule has 1 heterocycles. The lowest BCUT2D eigenvalue weighted by Crippen LogP contribution is -1.96. The Kier molecular flexibility index (Phi) is 2.08.